The molecule has 0 saturated carbocycles. The monoisotopic (exact) mass is 318 g/mol. The minimum Gasteiger partial charge on any atom is -0.317 e. The molecule has 17 heavy (non-hydrogen) atoms. The number of piperidine rings is 1. The van der Waals surface area contributed by atoms with Crippen LogP contribution in [0.5, 0.6) is 0 Å². The van der Waals surface area contributed by atoms with E-state index in [1.807, 2.05) is 0 Å². The zero-order chi connectivity index (χ0) is 11.4. The fourth-order valence-electron chi connectivity index (χ4n) is 2.25. The van der Waals surface area contributed by atoms with Crippen LogP contribution in [0.4, 0.5) is 0 Å². The molecule has 1 heterocycles. The molecule has 0 atom stereocenters. The molecule has 0 unspecified atom stereocenters. The third-order valence-corrected chi connectivity index (χ3v) is 4.12. The molecule has 1 saturated heterocycles. The predicted molar refractivity (Wildman–Crippen MR) is 78.7 cm³/mol. The van der Waals surface area contributed by atoms with E-state index >= 15 is 0 Å². The molecule has 0 bridgehead atoms. The number of rotatable bonds is 3. The average molecular weight is 320 g/mol. The Morgan fingerprint density at radius 3 is 2.53 bits per heavy atom. The lowest BCUT2D eigenvalue weighted by Crippen LogP contribution is -2.40. The van der Waals surface area contributed by atoms with Gasteiger partial charge in [0.25, 0.3) is 0 Å². The van der Waals surface area contributed by atoms with Gasteiger partial charge in [-0.25, -0.2) is 0 Å². The van der Waals surface area contributed by atoms with E-state index in [1.54, 1.807) is 0 Å². The highest BCUT2D eigenvalue weighted by atomic mass is 79.9. The molecule has 1 aliphatic rings. The summed E-state index contributed by atoms with van der Waals surface area (Å²) >= 11 is 3.61. The van der Waals surface area contributed by atoms with Crippen molar-refractivity contribution in [1.82, 2.24) is 10.2 Å². The summed E-state index contributed by atoms with van der Waals surface area (Å²) in [5.41, 5.74) is 1.39. The van der Waals surface area contributed by atoms with Crippen molar-refractivity contribution in [2.24, 2.45) is 0 Å². The largest absolute Gasteiger partial charge is 0.317 e. The quantitative estimate of drug-likeness (QED) is 0.921. The van der Waals surface area contributed by atoms with E-state index in [9.17, 15) is 0 Å². The zero-order valence-electron chi connectivity index (χ0n) is 10.2. The molecule has 0 radical (unpaired) electrons. The molecule has 96 valence electrons. The molecule has 0 aromatic heterocycles. The van der Waals surface area contributed by atoms with Crippen molar-refractivity contribution in [3.8, 4) is 0 Å². The van der Waals surface area contributed by atoms with Crippen LogP contribution in [0.1, 0.15) is 18.4 Å². The van der Waals surface area contributed by atoms with Crippen LogP contribution in [-0.4, -0.2) is 31.1 Å². The molecule has 2 nitrogen and oxygen atoms in total. The van der Waals surface area contributed by atoms with E-state index in [1.165, 1.54) is 36.0 Å². The van der Waals surface area contributed by atoms with Gasteiger partial charge in [0, 0.05) is 17.1 Å². The van der Waals surface area contributed by atoms with Crippen LogP contribution in [0, 0.1) is 0 Å². The van der Waals surface area contributed by atoms with Gasteiger partial charge in [0.2, 0.25) is 0 Å². The average Bonchev–Trinajstić information content (AvgIpc) is 2.33. The van der Waals surface area contributed by atoms with Gasteiger partial charge >= 0.3 is 0 Å². The smallest absolute Gasteiger partial charge is 0.0244 e. The molecule has 1 aromatic carbocycles. The van der Waals surface area contributed by atoms with Gasteiger partial charge in [0.15, 0.2) is 0 Å². The molecule has 1 aromatic rings. The maximum Gasteiger partial charge on any atom is 0.0244 e. The number of halogens is 2. The number of benzene rings is 1. The van der Waals surface area contributed by atoms with Crippen LogP contribution in [0.25, 0.3) is 0 Å². The van der Waals surface area contributed by atoms with Crippen molar-refractivity contribution >= 4 is 28.3 Å². The van der Waals surface area contributed by atoms with Crippen LogP contribution in [0.2, 0.25) is 0 Å². The molecule has 2 rings (SSSR count). The van der Waals surface area contributed by atoms with Crippen molar-refractivity contribution in [3.05, 3.63) is 34.3 Å². The van der Waals surface area contributed by atoms with Gasteiger partial charge < -0.3 is 5.32 Å². The normalized spacial score (nSPS) is 17.8. The van der Waals surface area contributed by atoms with Crippen LogP contribution < -0.4 is 5.32 Å². The highest BCUT2D eigenvalue weighted by molar-refractivity contribution is 9.10. The van der Waals surface area contributed by atoms with Crippen LogP contribution in [-0.2, 0) is 6.54 Å². The number of hydrogen-bond acceptors (Lipinski definition) is 2. The summed E-state index contributed by atoms with van der Waals surface area (Å²) < 4.78 is 1.23. The molecule has 0 aliphatic carbocycles. The van der Waals surface area contributed by atoms with E-state index < -0.39 is 0 Å². The van der Waals surface area contributed by atoms with E-state index in [0.29, 0.717) is 0 Å². The minimum absolute atomic E-state index is 0. The molecule has 1 fully saturated rings. The van der Waals surface area contributed by atoms with Crippen LogP contribution in [0.15, 0.2) is 28.7 Å². The second-order valence-electron chi connectivity index (χ2n) is 4.43. The van der Waals surface area contributed by atoms with Gasteiger partial charge in [-0.1, -0.05) is 34.1 Å². The van der Waals surface area contributed by atoms with Crippen molar-refractivity contribution < 1.29 is 0 Å². The maximum absolute atomic E-state index is 3.61. The highest BCUT2D eigenvalue weighted by Crippen LogP contribution is 2.20. The summed E-state index contributed by atoms with van der Waals surface area (Å²) in [6.45, 7) is 3.47. The Morgan fingerprint density at radius 2 is 1.94 bits per heavy atom. The number of nitrogens with one attached hydrogen (secondary N) is 1. The first-order valence-electron chi connectivity index (χ1n) is 5.92. The molecule has 0 spiro atoms. The van der Waals surface area contributed by atoms with Gasteiger partial charge in [-0.05, 0) is 44.6 Å². The summed E-state index contributed by atoms with van der Waals surface area (Å²) in [6.07, 6.45) is 2.53. The molecular formula is C13H20BrClN2. The molecule has 0 amide bonds. The minimum atomic E-state index is 0. The van der Waals surface area contributed by atoms with Crippen molar-refractivity contribution in [2.45, 2.75) is 25.4 Å². The Bertz CT molecular complexity index is 338. The Morgan fingerprint density at radius 1 is 1.29 bits per heavy atom. The lowest BCUT2D eigenvalue weighted by atomic mass is 10.0. The van der Waals surface area contributed by atoms with E-state index in [2.05, 4.69) is 57.5 Å². The fraction of sp³-hybridized carbons (Fsp3) is 0.538. The third-order valence-electron chi connectivity index (χ3n) is 3.35. The van der Waals surface area contributed by atoms with Gasteiger partial charge in [-0.3, -0.25) is 4.90 Å². The third kappa shape index (κ3) is 4.25. The van der Waals surface area contributed by atoms with E-state index in [4.69, 9.17) is 0 Å². The number of nitrogens with zero attached hydrogens (tertiary/aromatic N) is 1. The van der Waals surface area contributed by atoms with Crippen molar-refractivity contribution in [1.29, 1.82) is 0 Å². The Labute approximate surface area is 118 Å². The van der Waals surface area contributed by atoms with E-state index in [0.717, 1.165) is 12.6 Å². The summed E-state index contributed by atoms with van der Waals surface area (Å²) in [4.78, 5) is 2.54. The predicted octanol–water partition coefficient (Wildman–Crippen LogP) is 3.05. The summed E-state index contributed by atoms with van der Waals surface area (Å²) in [5, 5.41) is 3.36. The topological polar surface area (TPSA) is 15.3 Å². The first kappa shape index (κ1) is 15.0. The Kier molecular flexibility index (Phi) is 6.49. The first-order chi connectivity index (χ1) is 7.79. The van der Waals surface area contributed by atoms with Gasteiger partial charge in [0.05, 0.1) is 0 Å². The number of hydrogen-bond donors (Lipinski definition) is 1. The second-order valence-corrected chi connectivity index (χ2v) is 5.28. The molecule has 4 heteroatoms. The summed E-state index contributed by atoms with van der Waals surface area (Å²) in [7, 11) is 2.06. The Balaban J connectivity index is 0.00000144. The Hall–Kier alpha value is -0.0900. The SMILES string of the molecule is CNC1CCN(Cc2ccccc2Br)CC1.Cl. The summed E-state index contributed by atoms with van der Waals surface area (Å²) in [5.74, 6) is 0. The van der Waals surface area contributed by atoms with Gasteiger partial charge in [0.1, 0.15) is 0 Å². The van der Waals surface area contributed by atoms with Crippen LogP contribution >= 0.6 is 28.3 Å². The first-order valence-corrected chi connectivity index (χ1v) is 6.72. The second kappa shape index (κ2) is 7.37. The lowest BCUT2D eigenvalue weighted by Gasteiger charge is -2.31. The van der Waals surface area contributed by atoms with Crippen molar-refractivity contribution in [2.75, 3.05) is 20.1 Å². The molecule has 1 N–H and O–H groups in total. The lowest BCUT2D eigenvalue weighted by molar-refractivity contribution is 0.194. The van der Waals surface area contributed by atoms with Gasteiger partial charge in [-0.15, -0.1) is 12.4 Å². The van der Waals surface area contributed by atoms with Crippen molar-refractivity contribution in [3.63, 3.8) is 0 Å². The standard InChI is InChI=1S/C13H19BrN2.ClH/c1-15-12-6-8-16(9-7-12)10-11-4-2-3-5-13(11)14;/h2-5,12,15H,6-10H2,1H3;1H. The summed E-state index contributed by atoms with van der Waals surface area (Å²) in [6, 6.07) is 9.22. The highest BCUT2D eigenvalue weighted by Gasteiger charge is 2.17. The maximum atomic E-state index is 3.61. The zero-order valence-corrected chi connectivity index (χ0v) is 12.6. The molecular weight excluding hydrogens is 300 g/mol. The van der Waals surface area contributed by atoms with Gasteiger partial charge in [-0.2, -0.15) is 0 Å². The molecule has 1 aliphatic heterocycles. The number of likely N-dealkylation sites (tertiary alicyclic amines) is 1. The van der Waals surface area contributed by atoms with Crippen LogP contribution in [0.3, 0.4) is 0 Å². The van der Waals surface area contributed by atoms with E-state index in [-0.39, 0.29) is 12.4 Å². The fourth-order valence-corrected chi connectivity index (χ4v) is 2.66.